The van der Waals surface area contributed by atoms with E-state index in [2.05, 4.69) is 16.3 Å². The highest BCUT2D eigenvalue weighted by atomic mass is 32.1. The fourth-order valence-corrected chi connectivity index (χ4v) is 5.10. The predicted molar refractivity (Wildman–Crippen MR) is 97.7 cm³/mol. The van der Waals surface area contributed by atoms with Gasteiger partial charge < -0.3 is 10.0 Å². The van der Waals surface area contributed by atoms with Gasteiger partial charge in [0, 0.05) is 18.5 Å². The average molecular weight is 345 g/mol. The number of hydrogen-bond acceptors (Lipinski definition) is 6. The lowest BCUT2D eigenvalue weighted by molar-refractivity contribution is 0.304. The first-order valence-corrected chi connectivity index (χ1v) is 9.65. The number of aryl methyl sites for hydroxylation is 2. The summed E-state index contributed by atoms with van der Waals surface area (Å²) in [7, 11) is 2.00. The first-order valence-electron chi connectivity index (χ1n) is 7.96. The second-order valence-corrected chi connectivity index (χ2v) is 7.92. The largest absolute Gasteiger partial charge is 0.395 e. The van der Waals surface area contributed by atoms with E-state index in [0.717, 1.165) is 34.2 Å². The molecule has 0 aliphatic heterocycles. The van der Waals surface area contributed by atoms with Crippen molar-refractivity contribution in [1.29, 1.82) is 0 Å². The molecule has 4 rings (SSSR count). The zero-order valence-corrected chi connectivity index (χ0v) is 14.7. The van der Waals surface area contributed by atoms with Crippen LogP contribution in [0.15, 0.2) is 17.5 Å². The van der Waals surface area contributed by atoms with E-state index in [1.807, 2.05) is 24.5 Å². The number of rotatable bonds is 4. The quantitative estimate of drug-likeness (QED) is 0.783. The Kier molecular flexibility index (Phi) is 4.05. The first-order chi connectivity index (χ1) is 11.3. The number of aliphatic hydroxyl groups is 1. The van der Waals surface area contributed by atoms with Gasteiger partial charge in [-0.25, -0.2) is 9.97 Å². The SMILES string of the molecule is CN(CCO)c1nc(-c2cccs2)nc2sc3c(c12)CCCC3. The lowest BCUT2D eigenvalue weighted by Crippen LogP contribution is -2.23. The van der Waals surface area contributed by atoms with Crippen molar-refractivity contribution in [3.63, 3.8) is 0 Å². The summed E-state index contributed by atoms with van der Waals surface area (Å²) in [6.07, 6.45) is 4.80. The van der Waals surface area contributed by atoms with Gasteiger partial charge in [-0.05, 0) is 42.7 Å². The number of likely N-dealkylation sites (N-methyl/N-ethyl adjacent to an activating group) is 1. The monoisotopic (exact) mass is 345 g/mol. The van der Waals surface area contributed by atoms with Crippen LogP contribution in [0.4, 0.5) is 5.82 Å². The number of nitrogens with zero attached hydrogens (tertiary/aromatic N) is 3. The summed E-state index contributed by atoms with van der Waals surface area (Å²) >= 11 is 3.49. The molecule has 0 saturated carbocycles. The third-order valence-electron chi connectivity index (χ3n) is 4.33. The lowest BCUT2D eigenvalue weighted by atomic mass is 9.97. The number of thiophene rings is 2. The normalized spacial score (nSPS) is 14.2. The van der Waals surface area contributed by atoms with Gasteiger partial charge in [0.05, 0.1) is 16.9 Å². The van der Waals surface area contributed by atoms with Crippen molar-refractivity contribution < 1.29 is 5.11 Å². The molecule has 4 nitrogen and oxygen atoms in total. The number of fused-ring (bicyclic) bond motifs is 3. The number of anilines is 1. The van der Waals surface area contributed by atoms with Gasteiger partial charge in [0.15, 0.2) is 5.82 Å². The molecule has 0 spiro atoms. The van der Waals surface area contributed by atoms with Crippen LogP contribution >= 0.6 is 22.7 Å². The maximum Gasteiger partial charge on any atom is 0.173 e. The van der Waals surface area contributed by atoms with E-state index in [0.29, 0.717) is 6.54 Å². The van der Waals surface area contributed by atoms with Crippen molar-refractivity contribution in [2.45, 2.75) is 25.7 Å². The van der Waals surface area contributed by atoms with Crippen LogP contribution in [-0.4, -0.2) is 35.3 Å². The summed E-state index contributed by atoms with van der Waals surface area (Å²) < 4.78 is 0. The van der Waals surface area contributed by atoms with Crippen molar-refractivity contribution in [2.75, 3.05) is 25.1 Å². The van der Waals surface area contributed by atoms with Crippen LogP contribution in [0, 0.1) is 0 Å². The van der Waals surface area contributed by atoms with Crippen molar-refractivity contribution in [1.82, 2.24) is 9.97 Å². The van der Waals surface area contributed by atoms with Gasteiger partial charge in [0.1, 0.15) is 10.6 Å². The molecular formula is C17H19N3OS2. The van der Waals surface area contributed by atoms with Crippen LogP contribution in [-0.2, 0) is 12.8 Å². The highest BCUT2D eigenvalue weighted by molar-refractivity contribution is 7.19. The summed E-state index contributed by atoms with van der Waals surface area (Å²) in [5.74, 6) is 1.76. The van der Waals surface area contributed by atoms with Gasteiger partial charge in [0.2, 0.25) is 0 Å². The molecule has 0 unspecified atom stereocenters. The Hall–Kier alpha value is -1.50. The van der Waals surface area contributed by atoms with E-state index in [1.54, 1.807) is 11.3 Å². The Morgan fingerprint density at radius 1 is 1.26 bits per heavy atom. The standard InChI is InChI=1S/C17H19N3OS2/c1-20(8-9-21)16-14-11-5-2-3-6-12(11)23-17(14)19-15(18-16)13-7-4-10-22-13/h4,7,10,21H,2-3,5-6,8-9H2,1H3. The zero-order valence-electron chi connectivity index (χ0n) is 13.1. The van der Waals surface area contributed by atoms with E-state index in [9.17, 15) is 5.11 Å². The van der Waals surface area contributed by atoms with Crippen molar-refractivity contribution in [3.8, 4) is 10.7 Å². The van der Waals surface area contributed by atoms with Crippen LogP contribution in [0.5, 0.6) is 0 Å². The smallest absolute Gasteiger partial charge is 0.173 e. The van der Waals surface area contributed by atoms with E-state index in [-0.39, 0.29) is 6.61 Å². The van der Waals surface area contributed by atoms with Crippen LogP contribution in [0.3, 0.4) is 0 Å². The van der Waals surface area contributed by atoms with Crippen molar-refractivity contribution in [2.24, 2.45) is 0 Å². The number of aliphatic hydroxyl groups excluding tert-OH is 1. The topological polar surface area (TPSA) is 49.2 Å². The van der Waals surface area contributed by atoms with Gasteiger partial charge >= 0.3 is 0 Å². The molecule has 3 heterocycles. The Balaban J connectivity index is 1.95. The van der Waals surface area contributed by atoms with E-state index >= 15 is 0 Å². The van der Waals surface area contributed by atoms with Crippen LogP contribution in [0.2, 0.25) is 0 Å². The third-order valence-corrected chi connectivity index (χ3v) is 6.39. The maximum absolute atomic E-state index is 9.33. The molecule has 6 heteroatoms. The van der Waals surface area contributed by atoms with Gasteiger partial charge in [-0.1, -0.05) is 6.07 Å². The Labute approximate surface area is 143 Å². The molecule has 1 aliphatic rings. The second kappa shape index (κ2) is 6.19. The highest BCUT2D eigenvalue weighted by Crippen LogP contribution is 2.40. The summed E-state index contributed by atoms with van der Waals surface area (Å²) in [4.78, 5) is 15.4. The van der Waals surface area contributed by atoms with Crippen LogP contribution in [0.1, 0.15) is 23.3 Å². The van der Waals surface area contributed by atoms with Gasteiger partial charge in [-0.15, -0.1) is 22.7 Å². The predicted octanol–water partition coefficient (Wildman–Crippen LogP) is 3.73. The zero-order chi connectivity index (χ0) is 15.8. The molecule has 0 aromatic carbocycles. The molecule has 3 aromatic rings. The third kappa shape index (κ3) is 2.65. The molecule has 0 amide bonds. The molecule has 0 bridgehead atoms. The fraction of sp³-hybridized carbons (Fsp3) is 0.412. The molecule has 120 valence electrons. The molecule has 1 aliphatic carbocycles. The summed E-state index contributed by atoms with van der Waals surface area (Å²) in [6.45, 7) is 0.712. The van der Waals surface area contributed by atoms with E-state index in [4.69, 9.17) is 9.97 Å². The maximum atomic E-state index is 9.33. The minimum Gasteiger partial charge on any atom is -0.395 e. The van der Waals surface area contributed by atoms with E-state index < -0.39 is 0 Å². The Morgan fingerprint density at radius 2 is 2.13 bits per heavy atom. The molecule has 0 saturated heterocycles. The molecule has 3 aromatic heterocycles. The average Bonchev–Trinajstić information content (AvgIpc) is 3.21. The Bertz CT molecular complexity index is 826. The lowest BCUT2D eigenvalue weighted by Gasteiger charge is -2.20. The first kappa shape index (κ1) is 15.1. The number of hydrogen-bond donors (Lipinski definition) is 1. The summed E-state index contributed by atoms with van der Waals surface area (Å²) in [5, 5.41) is 12.6. The molecule has 0 atom stereocenters. The minimum absolute atomic E-state index is 0.128. The van der Waals surface area contributed by atoms with Crippen molar-refractivity contribution >= 4 is 38.7 Å². The fourth-order valence-electron chi connectivity index (χ4n) is 3.19. The van der Waals surface area contributed by atoms with Crippen molar-refractivity contribution in [3.05, 3.63) is 28.0 Å². The summed E-state index contributed by atoms with van der Waals surface area (Å²) in [5.41, 5.74) is 1.44. The molecule has 0 radical (unpaired) electrons. The second-order valence-electron chi connectivity index (χ2n) is 5.88. The minimum atomic E-state index is 0.128. The molecule has 0 fully saturated rings. The van der Waals surface area contributed by atoms with E-state index in [1.165, 1.54) is 28.7 Å². The summed E-state index contributed by atoms with van der Waals surface area (Å²) in [6, 6.07) is 4.10. The Morgan fingerprint density at radius 3 is 2.91 bits per heavy atom. The molecular weight excluding hydrogens is 326 g/mol. The van der Waals surface area contributed by atoms with Gasteiger partial charge in [-0.3, -0.25) is 0 Å². The van der Waals surface area contributed by atoms with Crippen LogP contribution < -0.4 is 4.90 Å². The molecule has 1 N–H and O–H groups in total. The van der Waals surface area contributed by atoms with Crippen LogP contribution in [0.25, 0.3) is 20.9 Å². The molecule has 23 heavy (non-hydrogen) atoms. The van der Waals surface area contributed by atoms with Gasteiger partial charge in [0.25, 0.3) is 0 Å². The highest BCUT2D eigenvalue weighted by Gasteiger charge is 2.23. The number of aromatic nitrogens is 2. The van der Waals surface area contributed by atoms with Gasteiger partial charge in [-0.2, -0.15) is 0 Å².